The number of benzene rings is 1. The van der Waals surface area contributed by atoms with Crippen molar-refractivity contribution in [1.29, 1.82) is 0 Å². The predicted molar refractivity (Wildman–Crippen MR) is 109 cm³/mol. The number of carbonyl (C=O) groups excluding carboxylic acids is 1. The number of aromatic nitrogens is 3. The number of rotatable bonds is 4. The molecule has 2 N–H and O–H groups in total. The Morgan fingerprint density at radius 2 is 2.23 bits per heavy atom. The molecule has 0 spiro atoms. The number of nitrogens with zero attached hydrogens (tertiary/aromatic N) is 4. The summed E-state index contributed by atoms with van der Waals surface area (Å²) in [4.78, 5) is 18.8. The molecule has 1 amide bonds. The predicted octanol–water partition coefficient (Wildman–Crippen LogP) is 2.51. The van der Waals surface area contributed by atoms with Gasteiger partial charge in [0.25, 0.3) is 11.8 Å². The van der Waals surface area contributed by atoms with Crippen molar-refractivity contribution in [3.63, 3.8) is 0 Å². The van der Waals surface area contributed by atoms with Crippen LogP contribution in [0.15, 0.2) is 36.8 Å². The van der Waals surface area contributed by atoms with Crippen molar-refractivity contribution >= 4 is 22.9 Å². The summed E-state index contributed by atoms with van der Waals surface area (Å²) < 4.78 is 35.2. The van der Waals surface area contributed by atoms with Crippen LogP contribution in [0.25, 0.3) is 5.65 Å². The van der Waals surface area contributed by atoms with Gasteiger partial charge >= 0.3 is 0 Å². The van der Waals surface area contributed by atoms with Crippen LogP contribution in [0, 0.1) is 0 Å². The number of alkyl halides is 2. The monoisotopic (exact) mass is 429 g/mol. The largest absolute Gasteiger partial charge is 0.484 e. The van der Waals surface area contributed by atoms with Crippen LogP contribution in [0.4, 0.5) is 20.2 Å². The van der Waals surface area contributed by atoms with Crippen molar-refractivity contribution in [3.05, 3.63) is 47.9 Å². The lowest BCUT2D eigenvalue weighted by Crippen LogP contribution is -2.34. The number of carbonyl (C=O) groups is 1. The second-order valence-electron chi connectivity index (χ2n) is 8.29. The van der Waals surface area contributed by atoms with Gasteiger partial charge in [0.05, 0.1) is 30.7 Å². The lowest BCUT2D eigenvalue weighted by atomic mass is 9.99. The highest BCUT2D eigenvalue weighted by Crippen LogP contribution is 2.43. The van der Waals surface area contributed by atoms with Crippen LogP contribution in [0.3, 0.4) is 0 Å². The highest BCUT2D eigenvalue weighted by molar-refractivity contribution is 6.09. The lowest BCUT2D eigenvalue weighted by Gasteiger charge is -2.23. The highest BCUT2D eigenvalue weighted by atomic mass is 19.3. The molecule has 1 fully saturated rings. The fourth-order valence-corrected chi connectivity index (χ4v) is 4.12. The molecule has 2 aromatic heterocycles. The molecule has 1 saturated heterocycles. The zero-order valence-corrected chi connectivity index (χ0v) is 16.8. The Morgan fingerprint density at radius 1 is 1.39 bits per heavy atom. The molecule has 162 valence electrons. The van der Waals surface area contributed by atoms with E-state index >= 15 is 0 Å². The number of hydrogen-bond acceptors (Lipinski definition) is 6. The minimum Gasteiger partial charge on any atom is -0.484 e. The second kappa shape index (κ2) is 6.88. The summed E-state index contributed by atoms with van der Waals surface area (Å²) in [5.41, 5.74) is 1.53. The van der Waals surface area contributed by atoms with E-state index in [1.54, 1.807) is 42.4 Å². The van der Waals surface area contributed by atoms with Gasteiger partial charge in [0.15, 0.2) is 5.65 Å². The molecule has 2 aliphatic rings. The fraction of sp³-hybridized carbons (Fsp3) is 0.381. The third-order valence-corrected chi connectivity index (χ3v) is 5.72. The standard InChI is InChI=1S/C21H21F2N5O3/c1-20(12-29)9-13-7-15(16(8-17(13)31-20)27-6-3-21(22,23)11-27)26-19(30)14-10-25-28-5-2-4-24-18(14)28/h2,4-5,7-8,10,29H,3,6,9,11-12H2,1H3,(H,26,30)/t20-/m1/s1. The summed E-state index contributed by atoms with van der Waals surface area (Å²) in [5, 5.41) is 16.6. The van der Waals surface area contributed by atoms with Crippen LogP contribution in [-0.2, 0) is 6.42 Å². The van der Waals surface area contributed by atoms with E-state index in [4.69, 9.17) is 4.74 Å². The number of amides is 1. The fourth-order valence-electron chi connectivity index (χ4n) is 4.12. The Hall–Kier alpha value is -3.27. The Balaban J connectivity index is 1.52. The first-order valence-electron chi connectivity index (χ1n) is 9.96. The van der Waals surface area contributed by atoms with Crippen molar-refractivity contribution < 1.29 is 23.4 Å². The quantitative estimate of drug-likeness (QED) is 0.662. The van der Waals surface area contributed by atoms with E-state index in [1.165, 1.54) is 10.7 Å². The first-order chi connectivity index (χ1) is 14.8. The van der Waals surface area contributed by atoms with Gasteiger partial charge in [-0.05, 0) is 19.1 Å². The Bertz CT molecular complexity index is 1180. The number of fused-ring (bicyclic) bond motifs is 2. The lowest BCUT2D eigenvalue weighted by molar-refractivity contribution is 0.0257. The van der Waals surface area contributed by atoms with E-state index in [1.807, 2.05) is 0 Å². The molecule has 0 saturated carbocycles. The zero-order valence-electron chi connectivity index (χ0n) is 16.8. The molecule has 8 nitrogen and oxygen atoms in total. The molecular formula is C21H21F2N5O3. The van der Waals surface area contributed by atoms with Crippen molar-refractivity contribution in [2.24, 2.45) is 0 Å². The molecule has 3 aromatic rings. The molecule has 0 bridgehead atoms. The smallest absolute Gasteiger partial charge is 0.266 e. The average molecular weight is 429 g/mol. The van der Waals surface area contributed by atoms with Crippen molar-refractivity contribution in [1.82, 2.24) is 14.6 Å². The van der Waals surface area contributed by atoms with Gasteiger partial charge in [0.2, 0.25) is 0 Å². The second-order valence-corrected chi connectivity index (χ2v) is 8.29. The third kappa shape index (κ3) is 3.46. The molecule has 4 heterocycles. The summed E-state index contributed by atoms with van der Waals surface area (Å²) in [7, 11) is 0. The van der Waals surface area contributed by atoms with Crippen LogP contribution >= 0.6 is 0 Å². The Kier molecular flexibility index (Phi) is 4.37. The number of nitrogens with one attached hydrogen (secondary N) is 1. The molecule has 31 heavy (non-hydrogen) atoms. The average Bonchev–Trinajstić information content (AvgIpc) is 3.41. The summed E-state index contributed by atoms with van der Waals surface area (Å²) in [6.45, 7) is 1.31. The van der Waals surface area contributed by atoms with Crippen LogP contribution in [0.5, 0.6) is 5.75 Å². The summed E-state index contributed by atoms with van der Waals surface area (Å²) >= 11 is 0. The molecule has 10 heteroatoms. The van der Waals surface area contributed by atoms with Gasteiger partial charge in [-0.2, -0.15) is 5.10 Å². The molecule has 0 aliphatic carbocycles. The van der Waals surface area contributed by atoms with Crippen molar-refractivity contribution in [2.75, 3.05) is 29.9 Å². The zero-order chi connectivity index (χ0) is 21.8. The van der Waals surface area contributed by atoms with E-state index in [9.17, 15) is 18.7 Å². The van der Waals surface area contributed by atoms with E-state index in [0.29, 0.717) is 29.2 Å². The van der Waals surface area contributed by atoms with Gasteiger partial charge in [-0.15, -0.1) is 0 Å². The topological polar surface area (TPSA) is 92.0 Å². The van der Waals surface area contributed by atoms with Gasteiger partial charge < -0.3 is 20.1 Å². The number of aliphatic hydroxyl groups is 1. The van der Waals surface area contributed by atoms with E-state index < -0.39 is 24.0 Å². The van der Waals surface area contributed by atoms with Gasteiger partial charge in [-0.25, -0.2) is 18.3 Å². The number of ether oxygens (including phenoxy) is 1. The first-order valence-corrected chi connectivity index (χ1v) is 9.96. The van der Waals surface area contributed by atoms with Crippen LogP contribution in [0.1, 0.15) is 29.3 Å². The Morgan fingerprint density at radius 3 is 2.97 bits per heavy atom. The number of halogens is 2. The molecule has 0 unspecified atom stereocenters. The maximum Gasteiger partial charge on any atom is 0.266 e. The number of hydrogen-bond donors (Lipinski definition) is 2. The molecule has 2 aliphatic heterocycles. The Labute approximate surface area is 176 Å². The molecule has 0 radical (unpaired) electrons. The van der Waals surface area contributed by atoms with Gasteiger partial charge in [-0.3, -0.25) is 4.79 Å². The molecular weight excluding hydrogens is 408 g/mol. The molecule has 5 rings (SSSR count). The summed E-state index contributed by atoms with van der Waals surface area (Å²) in [5.74, 6) is -2.71. The minimum absolute atomic E-state index is 0.157. The van der Waals surface area contributed by atoms with E-state index in [2.05, 4.69) is 15.4 Å². The number of aliphatic hydroxyl groups excluding tert-OH is 1. The highest BCUT2D eigenvalue weighted by Gasteiger charge is 2.41. The van der Waals surface area contributed by atoms with Crippen LogP contribution in [-0.4, -0.2) is 56.8 Å². The summed E-state index contributed by atoms with van der Waals surface area (Å²) in [6, 6.07) is 5.10. The van der Waals surface area contributed by atoms with Gasteiger partial charge in [0.1, 0.15) is 16.9 Å². The van der Waals surface area contributed by atoms with Crippen LogP contribution in [0.2, 0.25) is 0 Å². The minimum atomic E-state index is -2.80. The maximum atomic E-state index is 13.9. The maximum absolute atomic E-state index is 13.9. The third-order valence-electron chi connectivity index (χ3n) is 5.72. The van der Waals surface area contributed by atoms with E-state index in [0.717, 1.165) is 5.56 Å². The van der Waals surface area contributed by atoms with Gasteiger partial charge in [0, 0.05) is 43.4 Å². The van der Waals surface area contributed by atoms with Crippen molar-refractivity contribution in [3.8, 4) is 5.75 Å². The van der Waals surface area contributed by atoms with E-state index in [-0.39, 0.29) is 25.1 Å². The molecule has 1 aromatic carbocycles. The number of anilines is 2. The van der Waals surface area contributed by atoms with Crippen molar-refractivity contribution in [2.45, 2.75) is 31.3 Å². The summed E-state index contributed by atoms with van der Waals surface area (Å²) in [6.07, 6.45) is 4.84. The van der Waals surface area contributed by atoms with Gasteiger partial charge in [-0.1, -0.05) is 0 Å². The SMILES string of the molecule is C[C@]1(CO)Cc2cc(NC(=O)c3cnn4cccnc34)c(N3CCC(F)(F)C3)cc2O1. The first kappa shape index (κ1) is 19.7. The van der Waals surface area contributed by atoms with Crippen LogP contribution < -0.4 is 15.0 Å². The molecule has 1 atom stereocenters. The normalized spacial score (nSPS) is 21.9.